The molecule has 0 atom stereocenters. The van der Waals surface area contributed by atoms with Gasteiger partial charge in [-0.1, -0.05) is 6.07 Å². The molecule has 0 saturated carbocycles. The van der Waals surface area contributed by atoms with Gasteiger partial charge >= 0.3 is 0 Å². The van der Waals surface area contributed by atoms with Crippen molar-refractivity contribution >= 4 is 0 Å². The van der Waals surface area contributed by atoms with Crippen LogP contribution in [0, 0.1) is 12.7 Å². The molecule has 0 saturated heterocycles. The Balaban J connectivity index is 2.69. The highest BCUT2D eigenvalue weighted by atomic mass is 19.1. The van der Waals surface area contributed by atoms with Crippen LogP contribution in [0.4, 0.5) is 4.39 Å². The number of aromatic amines is 1. The summed E-state index contributed by atoms with van der Waals surface area (Å²) in [5.74, 6) is 0.286. The third-order valence-corrected chi connectivity index (χ3v) is 2.69. The van der Waals surface area contributed by atoms with E-state index in [9.17, 15) is 9.18 Å². The lowest BCUT2D eigenvalue weighted by Crippen LogP contribution is -2.15. The van der Waals surface area contributed by atoms with Crippen molar-refractivity contribution in [3.63, 3.8) is 0 Å². The molecule has 0 spiro atoms. The second-order valence-corrected chi connectivity index (χ2v) is 3.86. The molecule has 19 heavy (non-hydrogen) atoms. The number of aryl methyl sites for hydroxylation is 1. The van der Waals surface area contributed by atoms with E-state index in [1.165, 1.54) is 21.1 Å². The van der Waals surface area contributed by atoms with Crippen molar-refractivity contribution in [2.45, 2.75) is 6.92 Å². The zero-order valence-corrected chi connectivity index (χ0v) is 10.8. The van der Waals surface area contributed by atoms with Gasteiger partial charge in [0.05, 0.1) is 25.5 Å². The molecule has 0 bridgehead atoms. The number of hydrogen-bond acceptors (Lipinski definition) is 4. The lowest BCUT2D eigenvalue weighted by molar-refractivity contribution is 0.356. The van der Waals surface area contributed by atoms with Crippen molar-refractivity contribution in [1.82, 2.24) is 9.97 Å². The van der Waals surface area contributed by atoms with E-state index in [4.69, 9.17) is 9.47 Å². The molecule has 0 radical (unpaired) electrons. The molecule has 1 heterocycles. The lowest BCUT2D eigenvalue weighted by Gasteiger charge is -2.12. The number of halogens is 1. The number of hydrogen-bond donors (Lipinski definition) is 1. The smallest absolute Gasteiger partial charge is 0.287 e. The van der Waals surface area contributed by atoms with Gasteiger partial charge in [0.2, 0.25) is 5.82 Å². The van der Waals surface area contributed by atoms with Crippen LogP contribution in [0.1, 0.15) is 5.69 Å². The van der Waals surface area contributed by atoms with Crippen LogP contribution in [0.2, 0.25) is 0 Å². The van der Waals surface area contributed by atoms with E-state index in [2.05, 4.69) is 9.97 Å². The van der Waals surface area contributed by atoms with Gasteiger partial charge < -0.3 is 14.5 Å². The minimum atomic E-state index is -0.884. The number of para-hydroxylation sites is 1. The number of H-pyrrole nitrogens is 1. The van der Waals surface area contributed by atoms with E-state index in [0.717, 1.165) is 0 Å². The average molecular weight is 264 g/mol. The van der Waals surface area contributed by atoms with Gasteiger partial charge in [-0.05, 0) is 19.1 Å². The van der Waals surface area contributed by atoms with E-state index >= 15 is 0 Å². The Bertz CT molecular complexity index is 667. The van der Waals surface area contributed by atoms with Crippen molar-refractivity contribution in [2.75, 3.05) is 14.2 Å². The SMILES string of the molecule is COc1cccc(-c2nc(C)c(F)c(=O)[nH]2)c1OC. The molecule has 5 nitrogen and oxygen atoms in total. The molecule has 2 aromatic rings. The summed E-state index contributed by atoms with van der Waals surface area (Å²) < 4.78 is 23.7. The maximum absolute atomic E-state index is 13.3. The van der Waals surface area contributed by atoms with Crippen LogP contribution in [0.3, 0.4) is 0 Å². The molecule has 0 fully saturated rings. The Morgan fingerprint density at radius 3 is 2.58 bits per heavy atom. The summed E-state index contributed by atoms with van der Waals surface area (Å²) in [6, 6.07) is 5.16. The first-order chi connectivity index (χ1) is 9.08. The Kier molecular flexibility index (Phi) is 3.50. The third kappa shape index (κ3) is 2.29. The fourth-order valence-electron chi connectivity index (χ4n) is 1.77. The Morgan fingerprint density at radius 2 is 2.00 bits per heavy atom. The van der Waals surface area contributed by atoms with Crippen LogP contribution in [0.5, 0.6) is 11.5 Å². The normalized spacial score (nSPS) is 10.3. The molecule has 0 aliphatic heterocycles. The van der Waals surface area contributed by atoms with Gasteiger partial charge in [0, 0.05) is 0 Å². The highest BCUT2D eigenvalue weighted by Crippen LogP contribution is 2.35. The first kappa shape index (κ1) is 13.1. The van der Waals surface area contributed by atoms with Crippen molar-refractivity contribution < 1.29 is 13.9 Å². The molecule has 1 aromatic carbocycles. The highest BCUT2D eigenvalue weighted by Gasteiger charge is 2.15. The average Bonchev–Trinajstić information content (AvgIpc) is 2.43. The van der Waals surface area contributed by atoms with Crippen molar-refractivity contribution in [2.24, 2.45) is 0 Å². The van der Waals surface area contributed by atoms with Gasteiger partial charge in [0.15, 0.2) is 11.5 Å². The van der Waals surface area contributed by atoms with Gasteiger partial charge in [-0.25, -0.2) is 4.98 Å². The molecule has 0 amide bonds. The minimum Gasteiger partial charge on any atom is -0.493 e. The highest BCUT2D eigenvalue weighted by molar-refractivity contribution is 5.68. The van der Waals surface area contributed by atoms with Crippen molar-refractivity contribution in [1.29, 1.82) is 0 Å². The lowest BCUT2D eigenvalue weighted by atomic mass is 10.1. The first-order valence-corrected chi connectivity index (χ1v) is 5.56. The first-order valence-electron chi connectivity index (χ1n) is 5.56. The number of nitrogens with one attached hydrogen (secondary N) is 1. The quantitative estimate of drug-likeness (QED) is 0.919. The predicted octanol–water partition coefficient (Wildman–Crippen LogP) is 1.90. The van der Waals surface area contributed by atoms with E-state index in [1.807, 2.05) is 0 Å². The molecular formula is C13H13FN2O3. The summed E-state index contributed by atoms with van der Waals surface area (Å²) in [6.07, 6.45) is 0. The fraction of sp³-hybridized carbons (Fsp3) is 0.231. The summed E-state index contributed by atoms with van der Waals surface area (Å²) in [5, 5.41) is 0. The van der Waals surface area contributed by atoms with Crippen molar-refractivity contribution in [3.05, 3.63) is 40.1 Å². The summed E-state index contributed by atoms with van der Waals surface area (Å²) in [4.78, 5) is 17.8. The number of benzene rings is 1. The molecular weight excluding hydrogens is 251 g/mol. The fourth-order valence-corrected chi connectivity index (χ4v) is 1.77. The zero-order valence-electron chi connectivity index (χ0n) is 10.8. The van der Waals surface area contributed by atoms with Gasteiger partial charge in [-0.2, -0.15) is 4.39 Å². The molecule has 6 heteroatoms. The molecule has 0 aliphatic carbocycles. The summed E-state index contributed by atoms with van der Waals surface area (Å²) >= 11 is 0. The molecule has 1 aromatic heterocycles. The molecule has 1 N–H and O–H groups in total. The molecule has 0 aliphatic rings. The predicted molar refractivity (Wildman–Crippen MR) is 68.1 cm³/mol. The topological polar surface area (TPSA) is 64.2 Å². The van der Waals surface area contributed by atoms with Crippen molar-refractivity contribution in [3.8, 4) is 22.9 Å². The van der Waals surface area contributed by atoms with Gasteiger partial charge in [-0.15, -0.1) is 0 Å². The molecule has 2 rings (SSSR count). The maximum Gasteiger partial charge on any atom is 0.287 e. The van der Waals surface area contributed by atoms with Gasteiger partial charge in [0.1, 0.15) is 5.82 Å². The van der Waals surface area contributed by atoms with E-state index in [1.54, 1.807) is 18.2 Å². The maximum atomic E-state index is 13.3. The Labute approximate surface area is 109 Å². The van der Waals surface area contributed by atoms with E-state index in [-0.39, 0.29) is 11.5 Å². The van der Waals surface area contributed by atoms with Crippen LogP contribution in [0.25, 0.3) is 11.4 Å². The van der Waals surface area contributed by atoms with Crippen LogP contribution >= 0.6 is 0 Å². The van der Waals surface area contributed by atoms with Crippen LogP contribution in [-0.4, -0.2) is 24.2 Å². The standard InChI is InChI=1S/C13H13FN2O3/c1-7-10(14)13(17)16-12(15-7)8-5-4-6-9(18-2)11(8)19-3/h4-6H,1-3H3,(H,15,16,17). The molecule has 0 unspecified atom stereocenters. The van der Waals surface area contributed by atoms with Gasteiger partial charge in [-0.3, -0.25) is 4.79 Å². The largest absolute Gasteiger partial charge is 0.493 e. The van der Waals surface area contributed by atoms with Crippen LogP contribution in [0.15, 0.2) is 23.0 Å². The van der Waals surface area contributed by atoms with Crippen LogP contribution in [-0.2, 0) is 0 Å². The zero-order chi connectivity index (χ0) is 14.0. The number of rotatable bonds is 3. The summed E-state index contributed by atoms with van der Waals surface area (Å²) in [5.41, 5.74) is -0.252. The van der Waals surface area contributed by atoms with E-state index in [0.29, 0.717) is 17.1 Å². The number of nitrogens with zero attached hydrogens (tertiary/aromatic N) is 1. The summed E-state index contributed by atoms with van der Waals surface area (Å²) in [6.45, 7) is 1.43. The Hall–Kier alpha value is -2.37. The number of aromatic nitrogens is 2. The monoisotopic (exact) mass is 264 g/mol. The van der Waals surface area contributed by atoms with E-state index < -0.39 is 11.4 Å². The number of methoxy groups -OCH3 is 2. The second kappa shape index (κ2) is 5.09. The van der Waals surface area contributed by atoms with Crippen LogP contribution < -0.4 is 15.0 Å². The summed E-state index contributed by atoms with van der Waals surface area (Å²) in [7, 11) is 2.99. The minimum absolute atomic E-state index is 0.0311. The van der Waals surface area contributed by atoms with Gasteiger partial charge in [0.25, 0.3) is 5.56 Å². The third-order valence-electron chi connectivity index (χ3n) is 2.69. The number of ether oxygens (including phenoxy) is 2. The molecule has 100 valence electrons. The Morgan fingerprint density at radius 1 is 1.26 bits per heavy atom. The second-order valence-electron chi connectivity index (χ2n) is 3.86.